The van der Waals surface area contributed by atoms with Crippen molar-refractivity contribution in [1.82, 2.24) is 5.16 Å². The summed E-state index contributed by atoms with van der Waals surface area (Å²) in [5, 5.41) is 6.40. The third-order valence-electron chi connectivity index (χ3n) is 2.98. The maximum Gasteiger partial charge on any atom is 0.277 e. The van der Waals surface area contributed by atoms with Crippen molar-refractivity contribution in [1.29, 1.82) is 0 Å². The normalized spacial score (nSPS) is 10.5. The first-order chi connectivity index (χ1) is 10.6. The van der Waals surface area contributed by atoms with Crippen LogP contribution in [0.5, 0.6) is 0 Å². The lowest BCUT2D eigenvalue weighted by molar-refractivity contribution is 0.101. The number of nitrogens with zero attached hydrogens (tertiary/aromatic N) is 1. The van der Waals surface area contributed by atoms with Gasteiger partial charge >= 0.3 is 0 Å². The number of benzene rings is 2. The molecule has 22 heavy (non-hydrogen) atoms. The second kappa shape index (κ2) is 5.99. The number of carbonyl (C=O) groups excluding carboxylic acids is 1. The summed E-state index contributed by atoms with van der Waals surface area (Å²) >= 11 is 5.86. The molecule has 0 atom stereocenters. The number of nitrogens with one attached hydrogen (secondary N) is 1. The van der Waals surface area contributed by atoms with Crippen LogP contribution in [0.4, 0.5) is 10.1 Å². The van der Waals surface area contributed by atoms with Gasteiger partial charge in [0, 0.05) is 11.6 Å². The van der Waals surface area contributed by atoms with Crippen molar-refractivity contribution < 1.29 is 13.7 Å². The Labute approximate surface area is 130 Å². The first-order valence-corrected chi connectivity index (χ1v) is 6.80. The van der Waals surface area contributed by atoms with E-state index in [1.165, 1.54) is 18.2 Å². The van der Waals surface area contributed by atoms with Gasteiger partial charge in [-0.25, -0.2) is 4.39 Å². The Bertz CT molecular complexity index is 818. The number of hydrogen-bond donors (Lipinski definition) is 1. The van der Waals surface area contributed by atoms with E-state index in [0.29, 0.717) is 11.4 Å². The summed E-state index contributed by atoms with van der Waals surface area (Å²) < 4.78 is 18.1. The van der Waals surface area contributed by atoms with Crippen molar-refractivity contribution in [3.63, 3.8) is 0 Å². The van der Waals surface area contributed by atoms with Gasteiger partial charge in [-0.05, 0) is 18.2 Å². The minimum absolute atomic E-state index is 0.110. The predicted molar refractivity (Wildman–Crippen MR) is 81.3 cm³/mol. The van der Waals surface area contributed by atoms with Crippen molar-refractivity contribution in [2.24, 2.45) is 0 Å². The molecule has 4 nitrogen and oxygen atoms in total. The number of hydrogen-bond acceptors (Lipinski definition) is 3. The van der Waals surface area contributed by atoms with Gasteiger partial charge < -0.3 is 9.84 Å². The Hall–Kier alpha value is -2.66. The number of carbonyl (C=O) groups is 1. The van der Waals surface area contributed by atoms with Gasteiger partial charge in [-0.3, -0.25) is 4.79 Å². The van der Waals surface area contributed by atoms with E-state index in [1.807, 2.05) is 30.3 Å². The maximum absolute atomic E-state index is 13.0. The molecule has 3 aromatic rings. The standard InChI is InChI=1S/C16H10ClFN2O2/c17-12-8-11(18)6-7-13(12)19-16(21)14-9-15(22-20-14)10-4-2-1-3-5-10/h1-9H,(H,19,21). The average Bonchev–Trinajstić information content (AvgIpc) is 3.01. The highest BCUT2D eigenvalue weighted by atomic mass is 35.5. The van der Waals surface area contributed by atoms with Gasteiger partial charge in [0.05, 0.1) is 10.7 Å². The molecule has 2 aromatic carbocycles. The van der Waals surface area contributed by atoms with Crippen LogP contribution in [-0.2, 0) is 0 Å². The molecule has 0 saturated heterocycles. The SMILES string of the molecule is O=C(Nc1ccc(F)cc1Cl)c1cc(-c2ccccc2)on1. The molecule has 0 saturated carbocycles. The lowest BCUT2D eigenvalue weighted by Crippen LogP contribution is -2.12. The number of aromatic nitrogens is 1. The molecule has 0 radical (unpaired) electrons. The Kier molecular flexibility index (Phi) is 3.89. The molecule has 0 aliphatic carbocycles. The van der Waals surface area contributed by atoms with E-state index in [-0.39, 0.29) is 10.7 Å². The fourth-order valence-corrected chi connectivity index (χ4v) is 2.11. The van der Waals surface area contributed by atoms with Crippen LogP contribution in [0, 0.1) is 5.82 Å². The smallest absolute Gasteiger partial charge is 0.277 e. The molecule has 1 heterocycles. The van der Waals surface area contributed by atoms with Gasteiger partial charge in [0.25, 0.3) is 5.91 Å². The third kappa shape index (κ3) is 2.99. The van der Waals surface area contributed by atoms with Crippen molar-refractivity contribution in [3.8, 4) is 11.3 Å². The summed E-state index contributed by atoms with van der Waals surface area (Å²) in [5.74, 6) is -0.480. The van der Waals surface area contributed by atoms with E-state index in [4.69, 9.17) is 16.1 Å². The first kappa shape index (κ1) is 14.3. The fraction of sp³-hybridized carbons (Fsp3) is 0. The van der Waals surface area contributed by atoms with Crippen LogP contribution in [0.3, 0.4) is 0 Å². The second-order valence-electron chi connectivity index (χ2n) is 4.52. The number of amides is 1. The fourth-order valence-electron chi connectivity index (χ4n) is 1.90. The van der Waals surface area contributed by atoms with Gasteiger partial charge in [-0.15, -0.1) is 0 Å². The molecular weight excluding hydrogens is 307 g/mol. The molecule has 0 unspecified atom stereocenters. The summed E-state index contributed by atoms with van der Waals surface area (Å²) in [5.41, 5.74) is 1.23. The van der Waals surface area contributed by atoms with Crippen molar-refractivity contribution >= 4 is 23.2 Å². The summed E-state index contributed by atoms with van der Waals surface area (Å²) in [4.78, 5) is 12.1. The average molecular weight is 317 g/mol. The Morgan fingerprint density at radius 2 is 1.91 bits per heavy atom. The second-order valence-corrected chi connectivity index (χ2v) is 4.93. The van der Waals surface area contributed by atoms with E-state index in [2.05, 4.69) is 10.5 Å². The Balaban J connectivity index is 1.80. The lowest BCUT2D eigenvalue weighted by Gasteiger charge is -2.04. The molecule has 0 aliphatic rings. The Morgan fingerprint density at radius 1 is 1.14 bits per heavy atom. The van der Waals surface area contributed by atoms with Gasteiger partial charge in [0.1, 0.15) is 5.82 Å². The molecule has 6 heteroatoms. The maximum atomic E-state index is 13.0. The molecule has 1 aromatic heterocycles. The first-order valence-electron chi connectivity index (χ1n) is 6.42. The van der Waals surface area contributed by atoms with Crippen LogP contribution >= 0.6 is 11.6 Å². The van der Waals surface area contributed by atoms with E-state index in [0.717, 1.165) is 11.6 Å². The number of rotatable bonds is 3. The molecule has 0 spiro atoms. The van der Waals surface area contributed by atoms with Crippen LogP contribution in [0.15, 0.2) is 59.1 Å². The predicted octanol–water partition coefficient (Wildman–Crippen LogP) is 4.39. The highest BCUT2D eigenvalue weighted by Crippen LogP contribution is 2.24. The monoisotopic (exact) mass is 316 g/mol. The van der Waals surface area contributed by atoms with Crippen LogP contribution in [0.1, 0.15) is 10.5 Å². The largest absolute Gasteiger partial charge is 0.355 e. The van der Waals surface area contributed by atoms with Gasteiger partial charge in [0.2, 0.25) is 0 Å². The third-order valence-corrected chi connectivity index (χ3v) is 3.29. The molecule has 0 aliphatic heterocycles. The van der Waals surface area contributed by atoms with E-state index >= 15 is 0 Å². The van der Waals surface area contributed by atoms with Gasteiger partial charge in [0.15, 0.2) is 11.5 Å². The van der Waals surface area contributed by atoms with Crippen LogP contribution in [-0.4, -0.2) is 11.1 Å². The molecule has 1 N–H and O–H groups in total. The highest BCUT2D eigenvalue weighted by molar-refractivity contribution is 6.33. The molecule has 3 rings (SSSR count). The highest BCUT2D eigenvalue weighted by Gasteiger charge is 2.15. The van der Waals surface area contributed by atoms with E-state index < -0.39 is 11.7 Å². The zero-order valence-electron chi connectivity index (χ0n) is 11.2. The lowest BCUT2D eigenvalue weighted by atomic mass is 10.1. The minimum Gasteiger partial charge on any atom is -0.355 e. The molecule has 110 valence electrons. The van der Waals surface area contributed by atoms with Crippen LogP contribution in [0.25, 0.3) is 11.3 Å². The van der Waals surface area contributed by atoms with Gasteiger partial charge in [-0.2, -0.15) is 0 Å². The van der Waals surface area contributed by atoms with E-state index in [1.54, 1.807) is 0 Å². The van der Waals surface area contributed by atoms with Crippen molar-refractivity contribution in [3.05, 3.63) is 71.1 Å². The van der Waals surface area contributed by atoms with Crippen LogP contribution < -0.4 is 5.32 Å². The molecule has 1 amide bonds. The van der Waals surface area contributed by atoms with Crippen LogP contribution in [0.2, 0.25) is 5.02 Å². The summed E-state index contributed by atoms with van der Waals surface area (Å²) in [6.45, 7) is 0. The number of anilines is 1. The number of halogens is 2. The molecule has 0 bridgehead atoms. The summed E-state index contributed by atoms with van der Waals surface area (Å²) in [6.07, 6.45) is 0. The van der Waals surface area contributed by atoms with E-state index in [9.17, 15) is 9.18 Å². The quantitative estimate of drug-likeness (QED) is 0.779. The van der Waals surface area contributed by atoms with Crippen molar-refractivity contribution in [2.75, 3.05) is 5.32 Å². The summed E-state index contributed by atoms with van der Waals surface area (Å²) in [6, 6.07) is 14.5. The Morgan fingerprint density at radius 3 is 2.64 bits per heavy atom. The molecule has 0 fully saturated rings. The zero-order valence-corrected chi connectivity index (χ0v) is 12.0. The van der Waals surface area contributed by atoms with Crippen molar-refractivity contribution in [2.45, 2.75) is 0 Å². The topological polar surface area (TPSA) is 55.1 Å². The van der Waals surface area contributed by atoms with Gasteiger partial charge in [-0.1, -0.05) is 47.1 Å². The minimum atomic E-state index is -0.487. The zero-order chi connectivity index (χ0) is 15.5. The summed E-state index contributed by atoms with van der Waals surface area (Å²) in [7, 11) is 0. The molecular formula is C16H10ClFN2O2.